The minimum atomic E-state index is -0.922. The third-order valence-electron chi connectivity index (χ3n) is 12.5. The summed E-state index contributed by atoms with van der Waals surface area (Å²) in [5.74, 6) is 0.688. The first-order chi connectivity index (χ1) is 35.1. The van der Waals surface area contributed by atoms with Crippen LogP contribution in [0.1, 0.15) is 76.2 Å². The lowest BCUT2D eigenvalue weighted by molar-refractivity contribution is -0.141. The zero-order chi connectivity index (χ0) is 50.1. The van der Waals surface area contributed by atoms with Gasteiger partial charge in [-0.05, 0) is 123 Å². The van der Waals surface area contributed by atoms with Crippen LogP contribution in [0.4, 0.5) is 0 Å². The van der Waals surface area contributed by atoms with Gasteiger partial charge in [-0.2, -0.15) is 0 Å². The van der Waals surface area contributed by atoms with Gasteiger partial charge >= 0.3 is 11.9 Å². The van der Waals surface area contributed by atoms with Crippen molar-refractivity contribution >= 4 is 57.8 Å². The van der Waals surface area contributed by atoms with E-state index in [0.717, 1.165) is 77.1 Å². The molecular weight excluding hydrogens is 913 g/mol. The van der Waals surface area contributed by atoms with E-state index in [4.69, 9.17) is 28.4 Å². The summed E-state index contributed by atoms with van der Waals surface area (Å²) < 4.78 is 41.1. The number of carboxylic acid groups (broad SMARTS) is 2. The summed E-state index contributed by atoms with van der Waals surface area (Å²) in [6.07, 6.45) is 8.07. The summed E-state index contributed by atoms with van der Waals surface area (Å²) in [7, 11) is 0. The number of benzene rings is 4. The second-order valence-corrected chi connectivity index (χ2v) is 17.4. The molecule has 0 spiro atoms. The van der Waals surface area contributed by atoms with Crippen LogP contribution in [0.3, 0.4) is 0 Å². The van der Waals surface area contributed by atoms with Gasteiger partial charge in [0.15, 0.2) is 0 Å². The maximum Gasteiger partial charge on any atom is 0.305 e. The number of carboxylic acids is 2. The minimum absolute atomic E-state index is 0.117. The van der Waals surface area contributed by atoms with Gasteiger partial charge in [-0.15, -0.1) is 0 Å². The summed E-state index contributed by atoms with van der Waals surface area (Å²) in [6, 6.07) is 36.7. The normalized spacial score (nSPS) is 12.8. The van der Waals surface area contributed by atoms with Crippen LogP contribution < -0.4 is 40.3 Å². The molecule has 0 saturated heterocycles. The topological polar surface area (TPSA) is 171 Å². The Bertz CT molecular complexity index is 3490. The number of hydrogen-bond donors (Lipinski definition) is 4. The molecule has 5 heterocycles. The Morgan fingerprint density at radius 3 is 1.51 bits per heavy atom. The average Bonchev–Trinajstić information content (AvgIpc) is 4.16. The van der Waals surface area contributed by atoms with Crippen molar-refractivity contribution in [1.29, 1.82) is 0 Å². The maximum atomic E-state index is 11.7. The molecule has 4 aromatic heterocycles. The second kappa shape index (κ2) is 22.4. The van der Waals surface area contributed by atoms with Gasteiger partial charge in [0.25, 0.3) is 0 Å². The van der Waals surface area contributed by atoms with Crippen LogP contribution in [0.2, 0.25) is 0 Å². The summed E-state index contributed by atoms with van der Waals surface area (Å²) in [6.45, 7) is 9.81. The van der Waals surface area contributed by atoms with Gasteiger partial charge in [0.2, 0.25) is 0 Å². The van der Waals surface area contributed by atoms with E-state index in [9.17, 15) is 19.8 Å². The fourth-order valence-corrected chi connectivity index (χ4v) is 9.49. The van der Waals surface area contributed by atoms with E-state index in [1.807, 2.05) is 82.3 Å². The maximum absolute atomic E-state index is 11.7. The molecule has 0 fully saturated rings. The largest absolute Gasteiger partial charge is 0.494 e. The van der Waals surface area contributed by atoms with E-state index >= 15 is 0 Å². The van der Waals surface area contributed by atoms with Gasteiger partial charge in [0.05, 0.1) is 62.9 Å². The SMILES string of the molecule is CCOc1ccc(OCCC(CC(=O)O)OCC)c(-n2c3ccc2C=c2[nH]c(c4c2ccc2ccccc24)=Cc2ccc(n2-c2cc(OCC)ccc2OCCC(CC(=O)O)OCC)C=c2ccc([nH]2)=C3)c1. The molecule has 72 heavy (non-hydrogen) atoms. The highest BCUT2D eigenvalue weighted by atomic mass is 16.5. The van der Waals surface area contributed by atoms with Crippen molar-refractivity contribution in [2.45, 2.75) is 65.6 Å². The van der Waals surface area contributed by atoms with Crippen molar-refractivity contribution in [3.05, 3.63) is 153 Å². The van der Waals surface area contributed by atoms with Crippen LogP contribution in [0, 0.1) is 0 Å². The zero-order valence-corrected chi connectivity index (χ0v) is 41.0. The number of hydrogen-bond acceptors (Lipinski definition) is 8. The lowest BCUT2D eigenvalue weighted by Gasteiger charge is -2.19. The zero-order valence-electron chi connectivity index (χ0n) is 41.0. The van der Waals surface area contributed by atoms with Crippen molar-refractivity contribution < 1.29 is 48.2 Å². The summed E-state index contributed by atoms with van der Waals surface area (Å²) in [5.41, 5.74) is 4.94. The van der Waals surface area contributed by atoms with Crippen LogP contribution in [0.5, 0.6) is 23.0 Å². The molecule has 14 nitrogen and oxygen atoms in total. The molecule has 1 aliphatic heterocycles. The van der Waals surface area contributed by atoms with E-state index in [0.29, 0.717) is 62.3 Å². The van der Waals surface area contributed by atoms with Gasteiger partial charge in [-0.25, -0.2) is 0 Å². The second-order valence-electron chi connectivity index (χ2n) is 17.4. The molecule has 14 heteroatoms. The van der Waals surface area contributed by atoms with Gasteiger partial charge in [-0.1, -0.05) is 36.4 Å². The third-order valence-corrected chi connectivity index (χ3v) is 12.5. The molecule has 0 radical (unpaired) electrons. The average molecular weight is 973 g/mol. The number of carbonyl (C=O) groups is 2. The summed E-state index contributed by atoms with van der Waals surface area (Å²) in [4.78, 5) is 30.8. The van der Waals surface area contributed by atoms with E-state index < -0.39 is 24.1 Å². The quantitative estimate of drug-likeness (QED) is 0.0523. The molecule has 0 aliphatic carbocycles. The number of rotatable bonds is 22. The number of nitrogens with one attached hydrogen (secondary N) is 2. The fraction of sp³-hybridized carbons (Fsp3) is 0.276. The third kappa shape index (κ3) is 11.0. The molecule has 2 unspecified atom stereocenters. The van der Waals surface area contributed by atoms with E-state index in [-0.39, 0.29) is 26.1 Å². The van der Waals surface area contributed by atoms with E-state index in [1.54, 1.807) is 0 Å². The molecule has 0 amide bonds. The number of aromatic nitrogens is 4. The highest BCUT2D eigenvalue weighted by molar-refractivity contribution is 6.08. The molecule has 372 valence electrons. The van der Waals surface area contributed by atoms with Crippen molar-refractivity contribution in [3.63, 3.8) is 0 Å². The molecule has 9 rings (SSSR count). The van der Waals surface area contributed by atoms with Crippen molar-refractivity contribution in [2.75, 3.05) is 39.6 Å². The first-order valence-electron chi connectivity index (χ1n) is 24.6. The van der Waals surface area contributed by atoms with Crippen LogP contribution in [-0.4, -0.2) is 93.1 Å². The number of fused-ring (bicyclic) bond motifs is 13. The van der Waals surface area contributed by atoms with Crippen LogP contribution in [0.15, 0.2) is 109 Å². The molecule has 8 aromatic rings. The Morgan fingerprint density at radius 2 is 1.01 bits per heavy atom. The number of ether oxygens (including phenoxy) is 6. The highest BCUT2D eigenvalue weighted by Gasteiger charge is 2.21. The number of aliphatic carboxylic acids is 2. The van der Waals surface area contributed by atoms with Crippen LogP contribution in [-0.2, 0) is 19.1 Å². The first-order valence-corrected chi connectivity index (χ1v) is 24.6. The monoisotopic (exact) mass is 972 g/mol. The van der Waals surface area contributed by atoms with E-state index in [2.05, 4.69) is 98.0 Å². The molecule has 1 aliphatic rings. The Hall–Kier alpha value is -7.94. The first kappa shape index (κ1) is 49.1. The predicted molar refractivity (Wildman–Crippen MR) is 279 cm³/mol. The lowest BCUT2D eigenvalue weighted by Crippen LogP contribution is -2.20. The van der Waals surface area contributed by atoms with Gasteiger partial charge < -0.3 is 57.7 Å². The minimum Gasteiger partial charge on any atom is -0.494 e. The van der Waals surface area contributed by atoms with Crippen molar-refractivity contribution in [1.82, 2.24) is 19.1 Å². The Balaban J connectivity index is 1.26. The number of H-pyrrole nitrogens is 2. The van der Waals surface area contributed by atoms with Crippen molar-refractivity contribution in [2.24, 2.45) is 0 Å². The Labute approximate surface area is 416 Å². The smallest absolute Gasteiger partial charge is 0.305 e. The summed E-state index contributed by atoms with van der Waals surface area (Å²) >= 11 is 0. The Morgan fingerprint density at radius 1 is 0.514 bits per heavy atom. The lowest BCUT2D eigenvalue weighted by atomic mass is 10.0. The number of aromatic amines is 2. The Kier molecular flexibility index (Phi) is 15.3. The standard InChI is InChI=1S/C58H60N4O10/c1-5-67-44-20-23-54(71-27-25-46(69-7-3)35-56(63)64)52(33-44)61-40-16-18-42(61)31-50-49-22-13-37-11-9-10-12-48(37)58(49)51(60-50)32-43-19-17-41(30-39-15-14-38(29-40)59-39)62(43)53-34-45(68-6-2)21-24-55(53)72-28-26-47(70-8-4)36-57(65)66/h9-24,29-34,46-47,59-60H,5-8,25-28,35-36H2,1-4H3,(H,63,64)(H,65,66). The van der Waals surface area contributed by atoms with Crippen LogP contribution in [0.25, 0.3) is 57.2 Å². The number of nitrogens with zero attached hydrogens (tertiary/aromatic N) is 2. The van der Waals surface area contributed by atoms with Crippen molar-refractivity contribution in [3.8, 4) is 34.4 Å². The molecule has 4 aromatic carbocycles. The molecule has 0 saturated carbocycles. The molecular formula is C58H60N4O10. The van der Waals surface area contributed by atoms with Gasteiger partial charge in [0, 0.05) is 93.1 Å². The fourth-order valence-electron chi connectivity index (χ4n) is 9.49. The van der Waals surface area contributed by atoms with Gasteiger partial charge in [-0.3, -0.25) is 9.59 Å². The molecule has 2 atom stereocenters. The predicted octanol–water partition coefficient (Wildman–Crippen LogP) is 7.95. The molecule has 8 bridgehead atoms. The molecule has 4 N–H and O–H groups in total. The van der Waals surface area contributed by atoms with Gasteiger partial charge in [0.1, 0.15) is 23.0 Å². The highest BCUT2D eigenvalue weighted by Crippen LogP contribution is 2.34. The van der Waals surface area contributed by atoms with E-state index in [1.165, 1.54) is 0 Å². The summed E-state index contributed by atoms with van der Waals surface area (Å²) in [5, 5.41) is 26.9. The van der Waals surface area contributed by atoms with Crippen LogP contribution >= 0.6 is 0 Å².